The number of carboxylic acids is 1. The van der Waals surface area contributed by atoms with Gasteiger partial charge in [-0.3, -0.25) is 4.79 Å². The Bertz CT molecular complexity index is 692. The lowest BCUT2D eigenvalue weighted by Crippen LogP contribution is -2.50. The number of rotatable bonds is 16. The van der Waals surface area contributed by atoms with E-state index in [1.165, 1.54) is 6.08 Å². The van der Waals surface area contributed by atoms with Crippen LogP contribution < -0.4 is 0 Å². The first-order chi connectivity index (χ1) is 16.6. The Morgan fingerprint density at radius 1 is 1.03 bits per heavy atom. The number of carbonyl (C=O) groups is 2. The van der Waals surface area contributed by atoms with Gasteiger partial charge in [0.15, 0.2) is 0 Å². The lowest BCUT2D eigenvalue weighted by Gasteiger charge is -2.38. The molecule has 0 spiro atoms. The number of ether oxygens (including phenoxy) is 3. The van der Waals surface area contributed by atoms with E-state index >= 15 is 0 Å². The topological polar surface area (TPSA) is 146 Å². The van der Waals surface area contributed by atoms with Gasteiger partial charge in [-0.05, 0) is 39.5 Å². The van der Waals surface area contributed by atoms with Crippen LogP contribution in [0, 0.1) is 11.8 Å². The zero-order valence-electron chi connectivity index (χ0n) is 21.3. The normalized spacial score (nSPS) is 30.5. The molecule has 0 aromatic heterocycles. The highest BCUT2D eigenvalue weighted by atomic mass is 16.6. The van der Waals surface area contributed by atoms with Crippen molar-refractivity contribution in [2.75, 3.05) is 13.2 Å². The standard InChI is InChI=1S/C26H44O9/c1-16(13-23(30)33-11-9-7-5-4-6-8-10-22(28)29)12-20-25(32)24(31)19(15-34-20)14-21-26(35-21)17(2)18(3)27/h13,17-21,24-27,31-32H,4-12,14-15H2,1-3H3,(H,28,29)/b16-13+/t17-,18-,19?,20?,21-,24+,25-,26-/m0/s1. The van der Waals surface area contributed by atoms with Gasteiger partial charge in [-0.25, -0.2) is 4.79 Å². The lowest BCUT2D eigenvalue weighted by atomic mass is 9.85. The minimum atomic E-state index is -1.06. The third kappa shape index (κ3) is 10.6. The average Bonchev–Trinajstić information content (AvgIpc) is 3.55. The van der Waals surface area contributed by atoms with Crippen LogP contribution >= 0.6 is 0 Å². The first kappa shape index (κ1) is 29.7. The molecule has 0 amide bonds. The zero-order valence-corrected chi connectivity index (χ0v) is 21.3. The molecule has 2 aliphatic heterocycles. The van der Waals surface area contributed by atoms with Crippen molar-refractivity contribution in [3.63, 3.8) is 0 Å². The van der Waals surface area contributed by atoms with Crippen molar-refractivity contribution in [1.82, 2.24) is 0 Å². The van der Waals surface area contributed by atoms with E-state index in [2.05, 4.69) is 0 Å². The summed E-state index contributed by atoms with van der Waals surface area (Å²) < 4.78 is 16.7. The Kier molecular flexibility index (Phi) is 12.6. The number of aliphatic hydroxyl groups is 3. The first-order valence-electron chi connectivity index (χ1n) is 13.0. The molecular weight excluding hydrogens is 456 g/mol. The van der Waals surface area contributed by atoms with Gasteiger partial charge in [-0.1, -0.05) is 38.2 Å². The minimum absolute atomic E-state index is 0.0160. The Labute approximate surface area is 208 Å². The fourth-order valence-corrected chi connectivity index (χ4v) is 4.59. The van der Waals surface area contributed by atoms with Crippen LogP contribution in [0.3, 0.4) is 0 Å². The molecule has 0 aliphatic carbocycles. The van der Waals surface area contributed by atoms with Crippen LogP contribution in [0.4, 0.5) is 0 Å². The van der Waals surface area contributed by atoms with Gasteiger partial charge in [-0.2, -0.15) is 0 Å². The van der Waals surface area contributed by atoms with E-state index in [1.807, 2.05) is 6.92 Å². The SMILES string of the molecule is C/C(=C\C(=O)OCCCCCCCCC(=O)O)CC1OCC(C[C@@H]2O[C@H]2[C@@H](C)[C@H](C)O)[C@@H](O)[C@H]1O. The predicted molar refractivity (Wildman–Crippen MR) is 129 cm³/mol. The molecule has 2 unspecified atom stereocenters. The van der Waals surface area contributed by atoms with E-state index in [-0.39, 0.29) is 30.5 Å². The van der Waals surface area contributed by atoms with Crippen molar-refractivity contribution < 1.29 is 44.2 Å². The Balaban J connectivity index is 1.62. The van der Waals surface area contributed by atoms with Gasteiger partial charge in [-0.15, -0.1) is 0 Å². The largest absolute Gasteiger partial charge is 0.481 e. The van der Waals surface area contributed by atoms with Crippen LogP contribution in [-0.2, 0) is 23.8 Å². The van der Waals surface area contributed by atoms with Crippen LogP contribution in [0.5, 0.6) is 0 Å². The molecule has 35 heavy (non-hydrogen) atoms. The number of epoxide rings is 1. The average molecular weight is 501 g/mol. The van der Waals surface area contributed by atoms with E-state index in [0.29, 0.717) is 38.0 Å². The smallest absolute Gasteiger partial charge is 0.330 e. The summed E-state index contributed by atoms with van der Waals surface area (Å²) in [6.07, 6.45) is 4.61. The predicted octanol–water partition coefficient (Wildman–Crippen LogP) is 2.59. The molecule has 2 aliphatic rings. The summed E-state index contributed by atoms with van der Waals surface area (Å²) in [5.41, 5.74) is 0.708. The third-order valence-electron chi connectivity index (χ3n) is 7.09. The Morgan fingerprint density at radius 3 is 2.34 bits per heavy atom. The van der Waals surface area contributed by atoms with E-state index < -0.39 is 36.4 Å². The summed E-state index contributed by atoms with van der Waals surface area (Å²) in [5, 5.41) is 39.5. The molecule has 2 fully saturated rings. The number of carbonyl (C=O) groups excluding carboxylic acids is 1. The van der Waals surface area contributed by atoms with E-state index in [4.69, 9.17) is 19.3 Å². The van der Waals surface area contributed by atoms with Gasteiger partial charge in [0.1, 0.15) is 6.10 Å². The number of esters is 1. The van der Waals surface area contributed by atoms with Crippen molar-refractivity contribution in [1.29, 1.82) is 0 Å². The van der Waals surface area contributed by atoms with Crippen molar-refractivity contribution in [3.8, 4) is 0 Å². The fourth-order valence-electron chi connectivity index (χ4n) is 4.59. The van der Waals surface area contributed by atoms with E-state index in [9.17, 15) is 24.9 Å². The Morgan fingerprint density at radius 2 is 1.69 bits per heavy atom. The first-order valence-corrected chi connectivity index (χ1v) is 13.0. The van der Waals surface area contributed by atoms with Crippen LogP contribution in [0.2, 0.25) is 0 Å². The molecule has 9 heteroatoms. The monoisotopic (exact) mass is 500 g/mol. The summed E-state index contributed by atoms with van der Waals surface area (Å²) in [5.74, 6) is -1.42. The molecule has 2 rings (SSSR count). The molecule has 4 N–H and O–H groups in total. The number of hydrogen-bond acceptors (Lipinski definition) is 8. The highest BCUT2D eigenvalue weighted by molar-refractivity contribution is 5.82. The van der Waals surface area contributed by atoms with Crippen molar-refractivity contribution in [3.05, 3.63) is 11.6 Å². The van der Waals surface area contributed by atoms with Crippen LogP contribution in [0.1, 0.15) is 78.6 Å². The summed E-state index contributed by atoms with van der Waals surface area (Å²) in [6.45, 7) is 6.07. The number of aliphatic carboxylic acids is 1. The number of aliphatic hydroxyl groups excluding tert-OH is 3. The van der Waals surface area contributed by atoms with Crippen molar-refractivity contribution in [2.45, 2.75) is 115 Å². The third-order valence-corrected chi connectivity index (χ3v) is 7.09. The van der Waals surface area contributed by atoms with Gasteiger partial charge >= 0.3 is 11.9 Å². The Hall–Kier alpha value is -1.52. The number of hydrogen-bond donors (Lipinski definition) is 4. The van der Waals surface area contributed by atoms with Gasteiger partial charge < -0.3 is 34.6 Å². The summed E-state index contributed by atoms with van der Waals surface area (Å²) in [7, 11) is 0. The maximum absolute atomic E-state index is 12.1. The zero-order chi connectivity index (χ0) is 26.0. The molecule has 0 aromatic rings. The minimum Gasteiger partial charge on any atom is -0.481 e. The highest BCUT2D eigenvalue weighted by Crippen LogP contribution is 2.38. The second kappa shape index (κ2) is 14.9. The molecular formula is C26H44O9. The molecule has 0 aromatic carbocycles. The van der Waals surface area contributed by atoms with Crippen LogP contribution in [0.15, 0.2) is 11.6 Å². The van der Waals surface area contributed by atoms with Crippen molar-refractivity contribution >= 4 is 11.9 Å². The fraction of sp³-hybridized carbons (Fsp3) is 0.846. The second-order valence-corrected chi connectivity index (χ2v) is 10.2. The van der Waals surface area contributed by atoms with Gasteiger partial charge in [0.25, 0.3) is 0 Å². The molecule has 0 bridgehead atoms. The van der Waals surface area contributed by atoms with Crippen LogP contribution in [-0.4, -0.2) is 82.2 Å². The van der Waals surface area contributed by atoms with Gasteiger partial charge in [0, 0.05) is 24.3 Å². The second-order valence-electron chi connectivity index (χ2n) is 10.2. The van der Waals surface area contributed by atoms with Crippen LogP contribution in [0.25, 0.3) is 0 Å². The molecule has 0 saturated carbocycles. The van der Waals surface area contributed by atoms with Gasteiger partial charge in [0.05, 0.1) is 43.7 Å². The molecule has 2 saturated heterocycles. The number of carboxylic acid groups (broad SMARTS) is 1. The molecule has 202 valence electrons. The summed E-state index contributed by atoms with van der Waals surface area (Å²) in [6, 6.07) is 0. The highest BCUT2D eigenvalue weighted by Gasteiger charge is 2.48. The number of unbranched alkanes of at least 4 members (excludes halogenated alkanes) is 5. The maximum Gasteiger partial charge on any atom is 0.330 e. The molecule has 0 radical (unpaired) electrons. The quantitative estimate of drug-likeness (QED) is 0.109. The van der Waals surface area contributed by atoms with E-state index in [0.717, 1.165) is 32.1 Å². The summed E-state index contributed by atoms with van der Waals surface area (Å²) in [4.78, 5) is 22.5. The molecule has 8 atom stereocenters. The van der Waals surface area contributed by atoms with Gasteiger partial charge in [0.2, 0.25) is 0 Å². The molecule has 2 heterocycles. The van der Waals surface area contributed by atoms with Crippen molar-refractivity contribution in [2.24, 2.45) is 11.8 Å². The summed E-state index contributed by atoms with van der Waals surface area (Å²) >= 11 is 0. The molecule has 9 nitrogen and oxygen atoms in total. The van der Waals surface area contributed by atoms with E-state index in [1.54, 1.807) is 13.8 Å². The maximum atomic E-state index is 12.1. The lowest BCUT2D eigenvalue weighted by molar-refractivity contribution is -0.165.